The number of thiazole rings is 1. The molecule has 0 bridgehead atoms. The van der Waals surface area contributed by atoms with Gasteiger partial charge in [-0.25, -0.2) is 9.38 Å². The van der Waals surface area contributed by atoms with Gasteiger partial charge in [-0.1, -0.05) is 68.7 Å². The molecule has 0 N–H and O–H groups in total. The Morgan fingerprint density at radius 1 is 1.10 bits per heavy atom. The van der Waals surface area contributed by atoms with E-state index in [4.69, 9.17) is 27.9 Å². The molecule has 2 aromatic heterocycles. The van der Waals surface area contributed by atoms with Gasteiger partial charge >= 0.3 is 0 Å². The number of rotatable bonds is 4. The fraction of sp³-hybridized carbons (Fsp3) is 0.0435. The van der Waals surface area contributed by atoms with Gasteiger partial charge in [0.05, 0.1) is 15.6 Å². The lowest BCUT2D eigenvalue weighted by Gasteiger charge is -2.11. The van der Waals surface area contributed by atoms with E-state index < -0.39 is 0 Å². The highest BCUT2D eigenvalue weighted by molar-refractivity contribution is 9.10. The maximum absolute atomic E-state index is 13.1. The Morgan fingerprint density at radius 2 is 1.94 bits per heavy atom. The first-order valence-corrected chi connectivity index (χ1v) is 11.6. The number of para-hydroxylation sites is 2. The van der Waals surface area contributed by atoms with Gasteiger partial charge in [-0.05, 0) is 48.5 Å². The molecule has 154 valence electrons. The van der Waals surface area contributed by atoms with E-state index >= 15 is 0 Å². The molecule has 0 aliphatic rings. The van der Waals surface area contributed by atoms with Gasteiger partial charge in [0.1, 0.15) is 12.4 Å². The third-order valence-corrected chi connectivity index (χ3v) is 6.85. The smallest absolute Gasteiger partial charge is 0.274 e. The largest absolute Gasteiger partial charge is 0.488 e. The molecule has 0 atom stereocenters. The number of hydrogen-bond donors (Lipinski definition) is 0. The van der Waals surface area contributed by atoms with E-state index in [1.165, 1.54) is 11.3 Å². The summed E-state index contributed by atoms with van der Waals surface area (Å²) in [7, 11) is 0. The zero-order valence-corrected chi connectivity index (χ0v) is 19.7. The van der Waals surface area contributed by atoms with Crippen molar-refractivity contribution in [2.75, 3.05) is 0 Å². The molecule has 0 amide bonds. The minimum absolute atomic E-state index is 0.0969. The minimum atomic E-state index is -0.0969. The number of benzene rings is 3. The minimum Gasteiger partial charge on any atom is -0.488 e. The van der Waals surface area contributed by atoms with Crippen molar-refractivity contribution in [3.8, 4) is 5.75 Å². The number of nitrogens with zero attached hydrogens (tertiary/aromatic N) is 2. The average Bonchev–Trinajstić information content (AvgIpc) is 3.25. The summed E-state index contributed by atoms with van der Waals surface area (Å²) in [5.41, 5.74) is 3.13. The molecule has 3 aromatic carbocycles. The summed E-state index contributed by atoms with van der Waals surface area (Å²) >= 11 is 17.1. The molecule has 5 aromatic rings. The lowest BCUT2D eigenvalue weighted by molar-refractivity contribution is 0.305. The van der Waals surface area contributed by atoms with Gasteiger partial charge in [-0.3, -0.25) is 4.79 Å². The molecule has 0 saturated carbocycles. The van der Waals surface area contributed by atoms with Crippen LogP contribution < -0.4 is 14.8 Å². The second-order valence-electron chi connectivity index (χ2n) is 6.84. The molecule has 0 saturated heterocycles. The van der Waals surface area contributed by atoms with Crippen LogP contribution in [0.4, 0.5) is 0 Å². The van der Waals surface area contributed by atoms with Crippen molar-refractivity contribution in [1.29, 1.82) is 0 Å². The van der Waals surface area contributed by atoms with Crippen LogP contribution in [0.3, 0.4) is 0 Å². The zero-order valence-electron chi connectivity index (χ0n) is 15.8. The summed E-state index contributed by atoms with van der Waals surface area (Å²) in [4.78, 5) is 18.3. The van der Waals surface area contributed by atoms with Gasteiger partial charge in [0.25, 0.3) is 5.56 Å². The first-order chi connectivity index (χ1) is 15.0. The number of ether oxygens (including phenoxy) is 1. The molecule has 0 aliphatic heterocycles. The molecule has 0 aliphatic carbocycles. The van der Waals surface area contributed by atoms with Gasteiger partial charge in [-0.15, -0.1) is 0 Å². The summed E-state index contributed by atoms with van der Waals surface area (Å²) in [5.74, 6) is 0.643. The zero-order chi connectivity index (χ0) is 21.5. The molecule has 8 heteroatoms. The molecule has 0 spiro atoms. The molecule has 0 radical (unpaired) electrons. The predicted octanol–water partition coefficient (Wildman–Crippen LogP) is 6.11. The summed E-state index contributed by atoms with van der Waals surface area (Å²) in [6.07, 6.45) is 1.83. The van der Waals surface area contributed by atoms with E-state index in [1.807, 2.05) is 54.6 Å². The highest BCUT2D eigenvalue weighted by atomic mass is 79.9. The highest BCUT2D eigenvalue weighted by Crippen LogP contribution is 2.27. The SMILES string of the molecule is O=c1c(=Cc2cc(Br)ccc2OCc2ccc(Cl)cc2Cl)sc2nc3ccccc3n12. The summed E-state index contributed by atoms with van der Waals surface area (Å²) in [6, 6.07) is 18.6. The lowest BCUT2D eigenvalue weighted by Crippen LogP contribution is -2.22. The van der Waals surface area contributed by atoms with E-state index in [0.29, 0.717) is 25.3 Å². The van der Waals surface area contributed by atoms with Crippen molar-refractivity contribution in [3.05, 3.63) is 101 Å². The van der Waals surface area contributed by atoms with Crippen molar-refractivity contribution < 1.29 is 4.74 Å². The standard InChI is InChI=1S/C23H13BrCl2N2O2S/c24-15-6-8-20(30-12-13-5-7-16(25)11-17(13)26)14(9-15)10-21-22(29)28-19-4-2-1-3-18(19)27-23(28)31-21/h1-11H,12H2. The molecular weight excluding hydrogens is 519 g/mol. The van der Waals surface area contributed by atoms with Crippen LogP contribution in [0.15, 0.2) is 69.9 Å². The van der Waals surface area contributed by atoms with Crippen LogP contribution in [0, 0.1) is 0 Å². The van der Waals surface area contributed by atoms with Crippen LogP contribution in [0.1, 0.15) is 11.1 Å². The van der Waals surface area contributed by atoms with E-state index in [1.54, 1.807) is 16.5 Å². The molecule has 0 unspecified atom stereocenters. The van der Waals surface area contributed by atoms with Gasteiger partial charge in [-0.2, -0.15) is 0 Å². The maximum Gasteiger partial charge on any atom is 0.274 e. The van der Waals surface area contributed by atoms with Crippen molar-refractivity contribution >= 4 is 72.5 Å². The van der Waals surface area contributed by atoms with E-state index in [0.717, 1.165) is 26.6 Å². The summed E-state index contributed by atoms with van der Waals surface area (Å²) < 4.78 is 9.16. The molecule has 5 rings (SSSR count). The van der Waals surface area contributed by atoms with Crippen LogP contribution in [0.2, 0.25) is 10.0 Å². The van der Waals surface area contributed by atoms with Crippen molar-refractivity contribution in [3.63, 3.8) is 0 Å². The quantitative estimate of drug-likeness (QED) is 0.281. The Labute approximate surface area is 199 Å². The fourth-order valence-electron chi connectivity index (χ4n) is 3.31. The van der Waals surface area contributed by atoms with Crippen molar-refractivity contribution in [1.82, 2.24) is 9.38 Å². The Balaban J connectivity index is 1.56. The van der Waals surface area contributed by atoms with Crippen LogP contribution in [-0.4, -0.2) is 9.38 Å². The lowest BCUT2D eigenvalue weighted by atomic mass is 10.2. The summed E-state index contributed by atoms with van der Waals surface area (Å²) in [5, 5.41) is 1.12. The topological polar surface area (TPSA) is 43.6 Å². The number of aromatic nitrogens is 2. The Morgan fingerprint density at radius 3 is 2.77 bits per heavy atom. The average molecular weight is 532 g/mol. The highest BCUT2D eigenvalue weighted by Gasteiger charge is 2.12. The molecule has 31 heavy (non-hydrogen) atoms. The second kappa shape index (κ2) is 8.28. The van der Waals surface area contributed by atoms with E-state index in [9.17, 15) is 4.79 Å². The molecule has 4 nitrogen and oxygen atoms in total. The summed E-state index contributed by atoms with van der Waals surface area (Å²) in [6.45, 7) is 0.279. The first kappa shape index (κ1) is 20.5. The Hall–Kier alpha value is -2.38. The monoisotopic (exact) mass is 530 g/mol. The normalized spacial score (nSPS) is 12.2. The van der Waals surface area contributed by atoms with Gasteiger partial charge < -0.3 is 4.74 Å². The third kappa shape index (κ3) is 3.96. The second-order valence-corrected chi connectivity index (χ2v) is 9.61. The number of imidazole rings is 1. The predicted molar refractivity (Wildman–Crippen MR) is 131 cm³/mol. The molecular formula is C23H13BrCl2N2O2S. The van der Waals surface area contributed by atoms with Crippen LogP contribution in [-0.2, 0) is 6.61 Å². The number of fused-ring (bicyclic) bond motifs is 3. The van der Waals surface area contributed by atoms with E-state index in [-0.39, 0.29) is 12.2 Å². The maximum atomic E-state index is 13.1. The molecule has 2 heterocycles. The third-order valence-electron chi connectivity index (χ3n) is 4.80. The Kier molecular flexibility index (Phi) is 5.48. The van der Waals surface area contributed by atoms with Gasteiger partial charge in [0, 0.05) is 25.6 Å². The van der Waals surface area contributed by atoms with E-state index in [2.05, 4.69) is 20.9 Å². The van der Waals surface area contributed by atoms with Crippen LogP contribution >= 0.6 is 50.5 Å². The first-order valence-electron chi connectivity index (χ1n) is 9.27. The van der Waals surface area contributed by atoms with Crippen molar-refractivity contribution in [2.24, 2.45) is 0 Å². The fourth-order valence-corrected chi connectivity index (χ4v) is 5.13. The van der Waals surface area contributed by atoms with Crippen LogP contribution in [0.25, 0.3) is 22.1 Å². The van der Waals surface area contributed by atoms with Crippen LogP contribution in [0.5, 0.6) is 5.75 Å². The number of hydrogen-bond acceptors (Lipinski definition) is 4. The van der Waals surface area contributed by atoms with Gasteiger partial charge in [0.2, 0.25) is 0 Å². The number of halogens is 3. The van der Waals surface area contributed by atoms with Gasteiger partial charge in [0.15, 0.2) is 4.96 Å². The Bertz CT molecular complexity index is 1560. The van der Waals surface area contributed by atoms with Crippen molar-refractivity contribution in [2.45, 2.75) is 6.61 Å². The molecule has 0 fully saturated rings.